The lowest BCUT2D eigenvalue weighted by molar-refractivity contribution is 0.0857. The van der Waals surface area contributed by atoms with Gasteiger partial charge in [0.15, 0.2) is 0 Å². The Bertz CT molecular complexity index is 438. The second-order valence-electron chi connectivity index (χ2n) is 4.54. The van der Waals surface area contributed by atoms with Crippen LogP contribution in [0.2, 0.25) is 0 Å². The van der Waals surface area contributed by atoms with Gasteiger partial charge in [-0.15, -0.1) is 0 Å². The van der Waals surface area contributed by atoms with Gasteiger partial charge in [0.1, 0.15) is 17.3 Å². The van der Waals surface area contributed by atoms with Crippen LogP contribution in [-0.2, 0) is 5.67 Å². The molecule has 0 radical (unpaired) electrons. The molecule has 5 heteroatoms. The predicted octanol–water partition coefficient (Wildman–Crippen LogP) is 3.79. The Morgan fingerprint density at radius 2 is 2.06 bits per heavy atom. The van der Waals surface area contributed by atoms with Crippen molar-refractivity contribution in [2.75, 3.05) is 0 Å². The molecule has 94 valence electrons. The molecule has 2 rings (SSSR count). The van der Waals surface area contributed by atoms with Crippen molar-refractivity contribution in [3.8, 4) is 0 Å². The van der Waals surface area contributed by atoms with E-state index < -0.39 is 22.9 Å². The summed E-state index contributed by atoms with van der Waals surface area (Å²) < 4.78 is 42.2. The number of alkyl halides is 1. The van der Waals surface area contributed by atoms with E-state index in [1.54, 1.807) is 0 Å². The van der Waals surface area contributed by atoms with Crippen LogP contribution in [0.1, 0.15) is 31.2 Å². The lowest BCUT2D eigenvalue weighted by atomic mass is 9.78. The van der Waals surface area contributed by atoms with Crippen LogP contribution >= 0.6 is 15.9 Å². The third-order valence-corrected chi connectivity index (χ3v) is 3.84. The summed E-state index contributed by atoms with van der Waals surface area (Å²) in [5.74, 6) is -1.70. The zero-order chi connectivity index (χ0) is 12.6. The molecule has 0 amide bonds. The Morgan fingerprint density at radius 1 is 1.35 bits per heavy atom. The number of benzene rings is 1. The highest BCUT2D eigenvalue weighted by Gasteiger charge is 2.41. The van der Waals surface area contributed by atoms with Crippen molar-refractivity contribution in [1.29, 1.82) is 0 Å². The molecule has 1 aliphatic rings. The van der Waals surface area contributed by atoms with E-state index in [0.717, 1.165) is 6.07 Å². The highest BCUT2D eigenvalue weighted by atomic mass is 79.9. The molecule has 2 N–H and O–H groups in total. The fourth-order valence-electron chi connectivity index (χ4n) is 2.43. The first-order valence-electron chi connectivity index (χ1n) is 5.52. The van der Waals surface area contributed by atoms with E-state index in [1.807, 2.05) is 0 Å². The van der Waals surface area contributed by atoms with E-state index in [4.69, 9.17) is 5.73 Å². The van der Waals surface area contributed by atoms with Gasteiger partial charge in [0.05, 0.1) is 10.0 Å². The van der Waals surface area contributed by atoms with E-state index in [2.05, 4.69) is 15.9 Å². The van der Waals surface area contributed by atoms with Gasteiger partial charge >= 0.3 is 0 Å². The smallest absolute Gasteiger partial charge is 0.146 e. The van der Waals surface area contributed by atoms with Gasteiger partial charge in [0.2, 0.25) is 0 Å². The summed E-state index contributed by atoms with van der Waals surface area (Å²) in [7, 11) is 0. The standard InChI is InChI=1S/C12H13BrF3N/c13-8-3-4-9(14)10(11(8)15)12(16)5-1-2-7(17)6-12/h3-4,7H,1-2,5-6,17H2. The predicted molar refractivity (Wildman–Crippen MR) is 63.3 cm³/mol. The molecule has 0 aromatic heterocycles. The molecule has 1 aliphatic carbocycles. The maximum atomic E-state index is 14.7. The molecule has 1 fully saturated rings. The highest BCUT2D eigenvalue weighted by molar-refractivity contribution is 9.10. The van der Waals surface area contributed by atoms with Crippen LogP contribution in [0.4, 0.5) is 13.2 Å². The topological polar surface area (TPSA) is 26.0 Å². The van der Waals surface area contributed by atoms with E-state index in [9.17, 15) is 13.2 Å². The monoisotopic (exact) mass is 307 g/mol. The van der Waals surface area contributed by atoms with Crippen molar-refractivity contribution < 1.29 is 13.2 Å². The van der Waals surface area contributed by atoms with Gasteiger partial charge in [-0.3, -0.25) is 0 Å². The number of halogens is 4. The minimum absolute atomic E-state index is 0.0305. The van der Waals surface area contributed by atoms with Gasteiger partial charge in [-0.1, -0.05) is 0 Å². The molecule has 2 unspecified atom stereocenters. The van der Waals surface area contributed by atoms with Gasteiger partial charge in [-0.05, 0) is 47.3 Å². The maximum absolute atomic E-state index is 14.7. The summed E-state index contributed by atoms with van der Waals surface area (Å²) in [6, 6.07) is 1.97. The second kappa shape index (κ2) is 4.61. The van der Waals surface area contributed by atoms with Crippen LogP contribution in [0.15, 0.2) is 16.6 Å². The summed E-state index contributed by atoms with van der Waals surface area (Å²) in [6.07, 6.45) is 1.33. The van der Waals surface area contributed by atoms with Gasteiger partial charge in [0.25, 0.3) is 0 Å². The molecule has 0 spiro atoms. The average Bonchev–Trinajstić information content (AvgIpc) is 2.23. The molecule has 17 heavy (non-hydrogen) atoms. The van der Waals surface area contributed by atoms with Crippen molar-refractivity contribution in [1.82, 2.24) is 0 Å². The average molecular weight is 308 g/mol. The largest absolute Gasteiger partial charge is 0.328 e. The summed E-state index contributed by atoms with van der Waals surface area (Å²) in [5, 5.41) is 0. The quantitative estimate of drug-likeness (QED) is 0.785. The molecule has 0 heterocycles. The fourth-order valence-corrected chi connectivity index (χ4v) is 2.76. The Labute approximate surface area is 106 Å². The maximum Gasteiger partial charge on any atom is 0.146 e. The Morgan fingerprint density at radius 3 is 2.71 bits per heavy atom. The van der Waals surface area contributed by atoms with Gasteiger partial charge < -0.3 is 5.73 Å². The summed E-state index contributed by atoms with van der Waals surface area (Å²) in [4.78, 5) is 0. The molecule has 0 aliphatic heterocycles. The van der Waals surface area contributed by atoms with Crippen molar-refractivity contribution in [2.45, 2.75) is 37.4 Å². The molecular weight excluding hydrogens is 295 g/mol. The first-order valence-corrected chi connectivity index (χ1v) is 6.32. The zero-order valence-electron chi connectivity index (χ0n) is 9.15. The van der Waals surface area contributed by atoms with Crippen LogP contribution in [0.25, 0.3) is 0 Å². The Kier molecular flexibility index (Phi) is 3.50. The normalized spacial score (nSPS) is 29.4. The minimum Gasteiger partial charge on any atom is -0.328 e. The highest BCUT2D eigenvalue weighted by Crippen LogP contribution is 2.43. The third kappa shape index (κ3) is 2.36. The summed E-state index contributed by atoms with van der Waals surface area (Å²) in [5.41, 5.74) is 3.21. The van der Waals surface area contributed by atoms with E-state index in [0.29, 0.717) is 12.8 Å². The summed E-state index contributed by atoms with van der Waals surface area (Å²) >= 11 is 2.95. The SMILES string of the molecule is NC1CCCC(F)(c2c(F)ccc(Br)c2F)C1. The molecule has 2 atom stereocenters. The molecular formula is C12H13BrF3N. The number of nitrogens with two attached hydrogens (primary N) is 1. The third-order valence-electron chi connectivity index (χ3n) is 3.23. The minimum atomic E-state index is -1.99. The molecule has 1 saturated carbocycles. The molecule has 0 bridgehead atoms. The second-order valence-corrected chi connectivity index (χ2v) is 5.39. The number of hydrogen-bond donors (Lipinski definition) is 1. The van der Waals surface area contributed by atoms with Crippen molar-refractivity contribution in [2.24, 2.45) is 5.73 Å². The fraction of sp³-hybridized carbons (Fsp3) is 0.500. The first kappa shape index (κ1) is 12.9. The lowest BCUT2D eigenvalue weighted by Crippen LogP contribution is -2.37. The lowest BCUT2D eigenvalue weighted by Gasteiger charge is -2.33. The van der Waals surface area contributed by atoms with E-state index in [1.165, 1.54) is 6.07 Å². The van der Waals surface area contributed by atoms with Crippen LogP contribution in [0.5, 0.6) is 0 Å². The zero-order valence-corrected chi connectivity index (χ0v) is 10.7. The molecule has 1 aromatic carbocycles. The summed E-state index contributed by atoms with van der Waals surface area (Å²) in [6.45, 7) is 0. The van der Waals surface area contributed by atoms with Crippen LogP contribution in [0, 0.1) is 11.6 Å². The Hall–Kier alpha value is -0.550. The van der Waals surface area contributed by atoms with Gasteiger partial charge in [-0.2, -0.15) is 0 Å². The van der Waals surface area contributed by atoms with E-state index >= 15 is 0 Å². The Balaban J connectivity index is 2.48. The van der Waals surface area contributed by atoms with Crippen molar-refractivity contribution in [3.05, 3.63) is 33.8 Å². The molecule has 1 aromatic rings. The van der Waals surface area contributed by atoms with Crippen molar-refractivity contribution >= 4 is 15.9 Å². The molecule has 0 saturated heterocycles. The van der Waals surface area contributed by atoms with Gasteiger partial charge in [0, 0.05) is 12.5 Å². The number of rotatable bonds is 1. The number of hydrogen-bond acceptors (Lipinski definition) is 1. The van der Waals surface area contributed by atoms with Crippen LogP contribution in [0.3, 0.4) is 0 Å². The van der Waals surface area contributed by atoms with Crippen molar-refractivity contribution in [3.63, 3.8) is 0 Å². The van der Waals surface area contributed by atoms with E-state index in [-0.39, 0.29) is 23.4 Å². The van der Waals surface area contributed by atoms with Gasteiger partial charge in [-0.25, -0.2) is 13.2 Å². The first-order chi connectivity index (χ1) is 7.94. The van der Waals surface area contributed by atoms with Crippen LogP contribution < -0.4 is 5.73 Å². The van der Waals surface area contributed by atoms with Crippen LogP contribution in [-0.4, -0.2) is 6.04 Å². The molecule has 1 nitrogen and oxygen atoms in total.